The summed E-state index contributed by atoms with van der Waals surface area (Å²) in [6.07, 6.45) is -4.69. The molecule has 25 heavy (non-hydrogen) atoms. The van der Waals surface area contributed by atoms with Crippen LogP contribution in [0.2, 0.25) is 5.02 Å². The number of rotatable bonds is 4. The van der Waals surface area contributed by atoms with Crippen LogP contribution < -0.4 is 10.1 Å². The molecular weight excluding hydrogens is 353 g/mol. The van der Waals surface area contributed by atoms with Gasteiger partial charge < -0.3 is 10.1 Å². The number of nitrogens with one attached hydrogen (secondary N) is 1. The Morgan fingerprint density at radius 1 is 1.00 bits per heavy atom. The molecule has 3 rings (SSSR count). The van der Waals surface area contributed by atoms with E-state index in [9.17, 15) is 13.2 Å². The number of piperazine rings is 1. The van der Waals surface area contributed by atoms with Gasteiger partial charge in [0.05, 0.1) is 6.04 Å². The van der Waals surface area contributed by atoms with Crippen molar-refractivity contribution in [3.63, 3.8) is 0 Å². The Kier molecular flexibility index (Phi) is 5.51. The van der Waals surface area contributed by atoms with Crippen LogP contribution >= 0.6 is 11.6 Å². The van der Waals surface area contributed by atoms with Crippen LogP contribution in [0.1, 0.15) is 17.2 Å². The fraction of sp³-hybridized carbons (Fsp3) is 0.333. The first kappa shape index (κ1) is 18.0. The zero-order valence-electron chi connectivity index (χ0n) is 13.4. The molecule has 1 heterocycles. The van der Waals surface area contributed by atoms with Crippen LogP contribution in [0, 0.1) is 0 Å². The van der Waals surface area contributed by atoms with Gasteiger partial charge in [0.15, 0.2) is 0 Å². The lowest BCUT2D eigenvalue weighted by molar-refractivity contribution is -0.274. The van der Waals surface area contributed by atoms with Gasteiger partial charge in [-0.1, -0.05) is 41.9 Å². The summed E-state index contributed by atoms with van der Waals surface area (Å²) < 4.78 is 41.0. The van der Waals surface area contributed by atoms with Crippen molar-refractivity contribution in [2.24, 2.45) is 0 Å². The predicted octanol–water partition coefficient (Wildman–Crippen LogP) is 4.23. The summed E-state index contributed by atoms with van der Waals surface area (Å²) in [4.78, 5) is 2.28. The first-order chi connectivity index (χ1) is 11.9. The van der Waals surface area contributed by atoms with Crippen molar-refractivity contribution in [2.45, 2.75) is 12.4 Å². The zero-order valence-corrected chi connectivity index (χ0v) is 14.1. The second-order valence-electron chi connectivity index (χ2n) is 5.83. The Labute approximate surface area is 149 Å². The molecule has 7 heteroatoms. The van der Waals surface area contributed by atoms with Crippen molar-refractivity contribution >= 4 is 11.6 Å². The minimum Gasteiger partial charge on any atom is -0.406 e. The van der Waals surface area contributed by atoms with E-state index in [0.29, 0.717) is 5.02 Å². The maximum Gasteiger partial charge on any atom is 0.573 e. The van der Waals surface area contributed by atoms with Gasteiger partial charge >= 0.3 is 6.36 Å². The SMILES string of the molecule is FC(F)(F)Oc1ccc([C@H](c2ccccc2Cl)N2CCNCC2)cc1. The quantitative estimate of drug-likeness (QED) is 0.871. The highest BCUT2D eigenvalue weighted by atomic mass is 35.5. The number of ether oxygens (including phenoxy) is 1. The van der Waals surface area contributed by atoms with Crippen molar-refractivity contribution in [1.29, 1.82) is 0 Å². The molecule has 0 spiro atoms. The number of hydrogen-bond acceptors (Lipinski definition) is 3. The topological polar surface area (TPSA) is 24.5 Å². The highest BCUT2D eigenvalue weighted by Crippen LogP contribution is 2.34. The fourth-order valence-electron chi connectivity index (χ4n) is 3.08. The molecule has 1 fully saturated rings. The van der Waals surface area contributed by atoms with Crippen molar-refractivity contribution < 1.29 is 17.9 Å². The van der Waals surface area contributed by atoms with Crippen LogP contribution in [0.25, 0.3) is 0 Å². The molecule has 1 atom stereocenters. The second kappa shape index (κ2) is 7.64. The smallest absolute Gasteiger partial charge is 0.406 e. The predicted molar refractivity (Wildman–Crippen MR) is 90.9 cm³/mol. The molecule has 0 bridgehead atoms. The van der Waals surface area contributed by atoms with Gasteiger partial charge in [-0.05, 0) is 29.3 Å². The summed E-state index contributed by atoms with van der Waals surface area (Å²) in [6, 6.07) is 13.5. The van der Waals surface area contributed by atoms with E-state index in [0.717, 1.165) is 37.3 Å². The Bertz CT molecular complexity index is 700. The first-order valence-electron chi connectivity index (χ1n) is 7.99. The lowest BCUT2D eigenvalue weighted by Crippen LogP contribution is -2.45. The third-order valence-corrected chi connectivity index (χ3v) is 4.49. The molecule has 1 N–H and O–H groups in total. The van der Waals surface area contributed by atoms with E-state index in [1.165, 1.54) is 12.1 Å². The number of halogens is 4. The Morgan fingerprint density at radius 3 is 2.24 bits per heavy atom. The minimum atomic E-state index is -4.69. The molecule has 2 aromatic rings. The van der Waals surface area contributed by atoms with E-state index in [1.54, 1.807) is 12.1 Å². The summed E-state index contributed by atoms with van der Waals surface area (Å²) in [5.74, 6) is -0.227. The van der Waals surface area contributed by atoms with E-state index in [4.69, 9.17) is 11.6 Å². The Hall–Kier alpha value is -1.76. The molecule has 0 saturated carbocycles. The molecule has 2 aromatic carbocycles. The van der Waals surface area contributed by atoms with Crippen molar-refractivity contribution in [3.8, 4) is 5.75 Å². The van der Waals surface area contributed by atoms with Gasteiger partial charge in [-0.3, -0.25) is 4.90 Å². The molecule has 0 radical (unpaired) electrons. The molecule has 1 aliphatic rings. The summed E-state index contributed by atoms with van der Waals surface area (Å²) in [5.41, 5.74) is 1.82. The van der Waals surface area contributed by atoms with Gasteiger partial charge in [-0.2, -0.15) is 0 Å². The average molecular weight is 371 g/mol. The third kappa shape index (κ3) is 4.66. The number of nitrogens with zero attached hydrogens (tertiary/aromatic N) is 1. The van der Waals surface area contributed by atoms with E-state index in [-0.39, 0.29) is 11.8 Å². The highest BCUT2D eigenvalue weighted by Gasteiger charge is 2.31. The lowest BCUT2D eigenvalue weighted by Gasteiger charge is -2.36. The molecule has 1 saturated heterocycles. The molecule has 0 aromatic heterocycles. The van der Waals surface area contributed by atoms with E-state index in [1.807, 2.05) is 24.3 Å². The monoisotopic (exact) mass is 370 g/mol. The van der Waals surface area contributed by atoms with Crippen LogP contribution in [-0.4, -0.2) is 37.4 Å². The van der Waals surface area contributed by atoms with Gasteiger partial charge in [-0.25, -0.2) is 0 Å². The van der Waals surface area contributed by atoms with Crippen molar-refractivity contribution in [1.82, 2.24) is 10.2 Å². The largest absolute Gasteiger partial charge is 0.573 e. The van der Waals surface area contributed by atoms with E-state index >= 15 is 0 Å². The molecule has 0 unspecified atom stereocenters. The maximum atomic E-state index is 12.4. The van der Waals surface area contributed by atoms with Crippen LogP contribution in [0.15, 0.2) is 48.5 Å². The van der Waals surface area contributed by atoms with E-state index < -0.39 is 6.36 Å². The van der Waals surface area contributed by atoms with Crippen molar-refractivity contribution in [2.75, 3.05) is 26.2 Å². The van der Waals surface area contributed by atoms with Crippen LogP contribution in [-0.2, 0) is 0 Å². The van der Waals surface area contributed by atoms with Crippen LogP contribution in [0.4, 0.5) is 13.2 Å². The Balaban J connectivity index is 1.93. The summed E-state index contributed by atoms with van der Waals surface area (Å²) in [6.45, 7) is 3.37. The molecule has 134 valence electrons. The maximum absolute atomic E-state index is 12.4. The van der Waals surface area contributed by atoms with E-state index in [2.05, 4.69) is 15.0 Å². The average Bonchev–Trinajstić information content (AvgIpc) is 2.58. The summed E-state index contributed by atoms with van der Waals surface area (Å²) >= 11 is 6.39. The van der Waals surface area contributed by atoms with Crippen molar-refractivity contribution in [3.05, 3.63) is 64.7 Å². The third-order valence-electron chi connectivity index (χ3n) is 4.15. The summed E-state index contributed by atoms with van der Waals surface area (Å²) in [5, 5.41) is 3.94. The van der Waals surface area contributed by atoms with Crippen LogP contribution in [0.3, 0.4) is 0 Å². The first-order valence-corrected chi connectivity index (χ1v) is 8.37. The molecular formula is C18H18ClF3N2O. The summed E-state index contributed by atoms with van der Waals surface area (Å²) in [7, 11) is 0. The highest BCUT2D eigenvalue weighted by molar-refractivity contribution is 6.31. The van der Waals surface area contributed by atoms with Gasteiger partial charge in [0.2, 0.25) is 0 Å². The number of benzene rings is 2. The normalized spacial score (nSPS) is 17.3. The molecule has 1 aliphatic heterocycles. The van der Waals surface area contributed by atoms with Gasteiger partial charge in [0, 0.05) is 31.2 Å². The standard InChI is InChI=1S/C18H18ClF3N2O/c19-16-4-2-1-3-15(16)17(24-11-9-23-10-12-24)13-5-7-14(8-6-13)25-18(20,21)22/h1-8,17,23H,9-12H2/t17-/m1/s1. The zero-order chi connectivity index (χ0) is 17.9. The minimum absolute atomic E-state index is 0.115. The molecule has 0 amide bonds. The second-order valence-corrected chi connectivity index (χ2v) is 6.23. The van der Waals surface area contributed by atoms with Crippen LogP contribution in [0.5, 0.6) is 5.75 Å². The number of hydrogen-bond donors (Lipinski definition) is 1. The van der Waals surface area contributed by atoms with Gasteiger partial charge in [-0.15, -0.1) is 13.2 Å². The molecule has 0 aliphatic carbocycles. The Morgan fingerprint density at radius 2 is 1.64 bits per heavy atom. The number of alkyl halides is 3. The lowest BCUT2D eigenvalue weighted by atomic mass is 9.96. The van der Waals surface area contributed by atoms with Gasteiger partial charge in [0.1, 0.15) is 5.75 Å². The van der Waals surface area contributed by atoms with Gasteiger partial charge in [0.25, 0.3) is 0 Å². The fourth-order valence-corrected chi connectivity index (χ4v) is 3.32. The molecule has 3 nitrogen and oxygen atoms in total.